The number of hydrogen-bond donors (Lipinski definition) is 2. The van der Waals surface area contributed by atoms with Crippen molar-refractivity contribution in [1.29, 1.82) is 0 Å². The van der Waals surface area contributed by atoms with Crippen LogP contribution in [0.5, 0.6) is 0 Å². The fourth-order valence-corrected chi connectivity index (χ4v) is 2.22. The molecule has 0 aliphatic rings. The molecule has 0 fully saturated rings. The number of unbranched alkanes of at least 4 members (excludes halogenated alkanes) is 1. The fraction of sp³-hybridized carbons (Fsp3) is 0.500. The number of nitrogens with two attached hydrogens (primary N) is 1. The van der Waals surface area contributed by atoms with Crippen molar-refractivity contribution in [2.45, 2.75) is 39.5 Å². The molecule has 0 bridgehead atoms. The first kappa shape index (κ1) is 16.6. The molecule has 0 heterocycles. The summed E-state index contributed by atoms with van der Waals surface area (Å²) >= 11 is 4.93. The van der Waals surface area contributed by atoms with Crippen molar-refractivity contribution in [2.24, 2.45) is 11.7 Å². The average molecular weight is 292 g/mol. The minimum atomic E-state index is -0.0574. The van der Waals surface area contributed by atoms with E-state index in [0.717, 1.165) is 18.5 Å². The third-order valence-corrected chi connectivity index (χ3v) is 3.74. The summed E-state index contributed by atoms with van der Waals surface area (Å²) in [6.07, 6.45) is 4.67. The Morgan fingerprint density at radius 1 is 1.35 bits per heavy atom. The van der Waals surface area contributed by atoms with Gasteiger partial charge < -0.3 is 11.1 Å². The van der Waals surface area contributed by atoms with Gasteiger partial charge in [-0.2, -0.15) is 0 Å². The second kappa shape index (κ2) is 8.69. The first-order valence-electron chi connectivity index (χ1n) is 7.26. The van der Waals surface area contributed by atoms with Crippen molar-refractivity contribution in [3.63, 3.8) is 0 Å². The van der Waals surface area contributed by atoms with Crippen molar-refractivity contribution in [1.82, 2.24) is 5.32 Å². The molecule has 0 radical (unpaired) electrons. The summed E-state index contributed by atoms with van der Waals surface area (Å²) in [5.74, 6) is 0.496. The average Bonchev–Trinajstić information content (AvgIpc) is 2.47. The lowest BCUT2D eigenvalue weighted by molar-refractivity contribution is 0.0946. The van der Waals surface area contributed by atoms with E-state index in [1.807, 2.05) is 6.07 Å². The zero-order valence-electron chi connectivity index (χ0n) is 12.3. The maximum absolute atomic E-state index is 12.1. The van der Waals surface area contributed by atoms with Crippen LogP contribution in [-0.4, -0.2) is 17.4 Å². The van der Waals surface area contributed by atoms with Crippen LogP contribution in [0.4, 0.5) is 0 Å². The highest BCUT2D eigenvalue weighted by molar-refractivity contribution is 7.80. The topological polar surface area (TPSA) is 55.1 Å². The summed E-state index contributed by atoms with van der Waals surface area (Å²) in [6.45, 7) is 5.08. The standard InChI is InChI=1S/C16H24N2OS/c1-3-5-7-12(4-2)11-18-16(19)14-9-6-8-13(10-14)15(17)20/h6,8-10,12H,3-5,7,11H2,1-2H3,(H2,17,20)(H,18,19). The van der Waals surface area contributed by atoms with Crippen LogP contribution >= 0.6 is 12.2 Å². The van der Waals surface area contributed by atoms with E-state index in [-0.39, 0.29) is 5.91 Å². The SMILES string of the molecule is CCCCC(CC)CNC(=O)c1cccc(C(N)=S)c1. The molecule has 1 rings (SSSR count). The Hall–Kier alpha value is -1.42. The van der Waals surface area contributed by atoms with Crippen molar-refractivity contribution in [3.05, 3.63) is 35.4 Å². The summed E-state index contributed by atoms with van der Waals surface area (Å²) < 4.78 is 0. The fourth-order valence-electron chi connectivity index (χ4n) is 2.10. The summed E-state index contributed by atoms with van der Waals surface area (Å²) in [7, 11) is 0. The second-order valence-corrected chi connectivity index (χ2v) is 5.51. The van der Waals surface area contributed by atoms with E-state index in [1.165, 1.54) is 19.3 Å². The molecule has 0 spiro atoms. The number of carbonyl (C=O) groups excluding carboxylic acids is 1. The van der Waals surface area contributed by atoms with E-state index in [2.05, 4.69) is 19.2 Å². The van der Waals surface area contributed by atoms with Gasteiger partial charge in [0.25, 0.3) is 5.91 Å². The Kier molecular flexibility index (Phi) is 7.23. The molecule has 0 aliphatic heterocycles. The molecule has 20 heavy (non-hydrogen) atoms. The highest BCUT2D eigenvalue weighted by Crippen LogP contribution is 2.12. The van der Waals surface area contributed by atoms with Gasteiger partial charge in [-0.3, -0.25) is 4.79 Å². The van der Waals surface area contributed by atoms with Crippen LogP contribution in [0.2, 0.25) is 0 Å². The lowest BCUT2D eigenvalue weighted by atomic mass is 9.99. The molecule has 1 unspecified atom stereocenters. The predicted molar refractivity (Wildman–Crippen MR) is 88.0 cm³/mol. The van der Waals surface area contributed by atoms with Crippen LogP contribution in [0.15, 0.2) is 24.3 Å². The molecule has 0 saturated heterocycles. The van der Waals surface area contributed by atoms with E-state index in [9.17, 15) is 4.79 Å². The highest BCUT2D eigenvalue weighted by atomic mass is 32.1. The summed E-state index contributed by atoms with van der Waals surface area (Å²) in [6, 6.07) is 7.14. The van der Waals surface area contributed by atoms with Crippen molar-refractivity contribution < 1.29 is 4.79 Å². The summed E-state index contributed by atoms with van der Waals surface area (Å²) in [5.41, 5.74) is 6.92. The van der Waals surface area contributed by atoms with E-state index < -0.39 is 0 Å². The van der Waals surface area contributed by atoms with Crippen LogP contribution in [-0.2, 0) is 0 Å². The number of nitrogens with one attached hydrogen (secondary N) is 1. The van der Waals surface area contributed by atoms with Crippen LogP contribution < -0.4 is 11.1 Å². The van der Waals surface area contributed by atoms with Gasteiger partial charge in [0.2, 0.25) is 0 Å². The number of carbonyl (C=O) groups is 1. The van der Waals surface area contributed by atoms with Gasteiger partial charge in [-0.25, -0.2) is 0 Å². The smallest absolute Gasteiger partial charge is 0.251 e. The molecule has 3 nitrogen and oxygen atoms in total. The number of thiocarbonyl (C=S) groups is 1. The molecule has 1 aromatic carbocycles. The number of rotatable bonds is 8. The van der Waals surface area contributed by atoms with Gasteiger partial charge in [-0.1, -0.05) is 57.5 Å². The van der Waals surface area contributed by atoms with Crippen LogP contribution in [0.25, 0.3) is 0 Å². The second-order valence-electron chi connectivity index (χ2n) is 5.07. The minimum Gasteiger partial charge on any atom is -0.389 e. The van der Waals surface area contributed by atoms with Crippen LogP contribution in [0.3, 0.4) is 0 Å². The maximum Gasteiger partial charge on any atom is 0.251 e. The summed E-state index contributed by atoms with van der Waals surface area (Å²) in [4.78, 5) is 12.4. The molecule has 110 valence electrons. The maximum atomic E-state index is 12.1. The third-order valence-electron chi connectivity index (χ3n) is 3.50. The Balaban J connectivity index is 2.57. The third kappa shape index (κ3) is 5.29. The van der Waals surface area contributed by atoms with Crippen LogP contribution in [0, 0.1) is 5.92 Å². The minimum absolute atomic E-state index is 0.0574. The van der Waals surface area contributed by atoms with Crippen LogP contribution in [0.1, 0.15) is 55.5 Å². The van der Waals surface area contributed by atoms with Gasteiger partial charge in [0.05, 0.1) is 0 Å². The molecule has 1 aromatic rings. The van der Waals surface area contributed by atoms with E-state index in [4.69, 9.17) is 18.0 Å². The lowest BCUT2D eigenvalue weighted by Gasteiger charge is -2.15. The van der Waals surface area contributed by atoms with Crippen molar-refractivity contribution >= 4 is 23.1 Å². The molecule has 0 aromatic heterocycles. The van der Waals surface area contributed by atoms with E-state index >= 15 is 0 Å². The van der Waals surface area contributed by atoms with Gasteiger partial charge >= 0.3 is 0 Å². The molecule has 4 heteroatoms. The Labute approximate surface area is 126 Å². The zero-order valence-corrected chi connectivity index (χ0v) is 13.1. The zero-order chi connectivity index (χ0) is 15.0. The quantitative estimate of drug-likeness (QED) is 0.723. The van der Waals surface area contributed by atoms with E-state index in [1.54, 1.807) is 18.2 Å². The number of hydrogen-bond acceptors (Lipinski definition) is 2. The number of amides is 1. The van der Waals surface area contributed by atoms with Gasteiger partial charge in [0.1, 0.15) is 4.99 Å². The van der Waals surface area contributed by atoms with Gasteiger partial charge in [0.15, 0.2) is 0 Å². The van der Waals surface area contributed by atoms with Crippen molar-refractivity contribution in [2.75, 3.05) is 6.54 Å². The largest absolute Gasteiger partial charge is 0.389 e. The van der Waals surface area contributed by atoms with Gasteiger partial charge in [-0.05, 0) is 24.5 Å². The first-order chi connectivity index (χ1) is 9.58. The Bertz CT molecular complexity index is 460. The molecule has 1 atom stereocenters. The van der Waals surface area contributed by atoms with Gasteiger partial charge in [0, 0.05) is 17.7 Å². The molecule has 3 N–H and O–H groups in total. The molecule has 0 aliphatic carbocycles. The molecule has 0 saturated carbocycles. The van der Waals surface area contributed by atoms with E-state index in [0.29, 0.717) is 16.5 Å². The number of benzene rings is 1. The molecular formula is C16H24N2OS. The molecular weight excluding hydrogens is 268 g/mol. The monoisotopic (exact) mass is 292 g/mol. The van der Waals surface area contributed by atoms with Gasteiger partial charge in [-0.15, -0.1) is 0 Å². The highest BCUT2D eigenvalue weighted by Gasteiger charge is 2.10. The molecule has 1 amide bonds. The summed E-state index contributed by atoms with van der Waals surface area (Å²) in [5, 5.41) is 3.00. The first-order valence-corrected chi connectivity index (χ1v) is 7.67. The Morgan fingerprint density at radius 2 is 2.05 bits per heavy atom. The Morgan fingerprint density at radius 3 is 2.65 bits per heavy atom. The normalized spacial score (nSPS) is 11.9. The van der Waals surface area contributed by atoms with Crippen molar-refractivity contribution in [3.8, 4) is 0 Å². The lowest BCUT2D eigenvalue weighted by Crippen LogP contribution is -2.29. The predicted octanol–water partition coefficient (Wildman–Crippen LogP) is 3.27.